The first-order valence-corrected chi connectivity index (χ1v) is 24.4. The van der Waals surface area contributed by atoms with Gasteiger partial charge in [0.1, 0.15) is 5.58 Å². The summed E-state index contributed by atoms with van der Waals surface area (Å²) >= 11 is 0. The summed E-state index contributed by atoms with van der Waals surface area (Å²) in [5.41, 5.74) is 15.4. The van der Waals surface area contributed by atoms with Crippen molar-refractivity contribution in [3.63, 3.8) is 0 Å². The molecule has 59 heavy (non-hydrogen) atoms. The molecule has 4 aromatic heterocycles. The smallest absolute Gasteiger partial charge is 0.121 e. The molecule has 4 heterocycles. The van der Waals surface area contributed by atoms with Crippen LogP contribution in [0.25, 0.3) is 66.7 Å². The Hall–Kier alpha value is -5.00. The Morgan fingerprint density at radius 1 is 0.695 bits per heavy atom. The topological polar surface area (TPSA) is 51.8 Å². The van der Waals surface area contributed by atoms with Crippen molar-refractivity contribution >= 4 is 35.2 Å². The maximum Gasteiger partial charge on any atom is 0.121 e. The van der Waals surface area contributed by atoms with Gasteiger partial charge in [0.05, 0.1) is 13.7 Å². The van der Waals surface area contributed by atoms with E-state index in [1.165, 1.54) is 59.5 Å². The summed E-state index contributed by atoms with van der Waals surface area (Å²) in [6.07, 6.45) is 10.6. The first-order chi connectivity index (χ1) is 28.0. The van der Waals surface area contributed by atoms with E-state index in [-0.39, 0.29) is 20.1 Å². The number of aromatic nitrogens is 3. The van der Waals surface area contributed by atoms with Crippen LogP contribution in [-0.4, -0.2) is 23.0 Å². The molecule has 0 aliphatic heterocycles. The van der Waals surface area contributed by atoms with Gasteiger partial charge >= 0.3 is 0 Å². The van der Waals surface area contributed by atoms with Crippen molar-refractivity contribution in [3.8, 4) is 44.8 Å². The molecule has 4 nitrogen and oxygen atoms in total. The molecule has 4 aromatic carbocycles. The molecule has 1 saturated carbocycles. The van der Waals surface area contributed by atoms with Crippen LogP contribution in [0.1, 0.15) is 80.3 Å². The summed E-state index contributed by atoms with van der Waals surface area (Å²) in [6, 6.07) is 45.1. The molecule has 0 atom stereocenters. The van der Waals surface area contributed by atoms with E-state index < -0.39 is 8.07 Å². The fourth-order valence-electron chi connectivity index (χ4n) is 8.50. The van der Waals surface area contributed by atoms with E-state index in [9.17, 15) is 0 Å². The molecule has 0 unspecified atom stereocenters. The number of hydrogen-bond acceptors (Lipinski definition) is 4. The van der Waals surface area contributed by atoms with Gasteiger partial charge in [-0.25, -0.2) is 0 Å². The van der Waals surface area contributed by atoms with E-state index in [4.69, 9.17) is 14.4 Å². The van der Waals surface area contributed by atoms with Crippen molar-refractivity contribution in [2.75, 3.05) is 0 Å². The van der Waals surface area contributed by atoms with Crippen molar-refractivity contribution in [2.45, 2.75) is 91.3 Å². The summed E-state index contributed by atoms with van der Waals surface area (Å²) in [4.78, 5) is 13.9. The van der Waals surface area contributed by atoms with Gasteiger partial charge in [-0.2, -0.15) is 0 Å². The molecule has 1 fully saturated rings. The standard InChI is InChI=1S/C29H24NO.C24H29N2Si.Ir/c1-3-8-20(9-4-1)22-14-15-24-25-12-7-13-26(29(25)31-28(24)19-22)27-18-23(16-17-30-27)21-10-5-2-6-11-21;1-16(2)22-14-23(25-15-24(22)27(5,6)7)20-10-8-19(9-11-20)21-12-17(3)26-18(4)13-21;/h1,3-4,7-9,12,14-19,21H,2,5-6,10-11H2;8-10,12-16H,1-7H3;/q2*-1;. The quantitative estimate of drug-likeness (QED) is 0.118. The number of benzene rings is 4. The number of aryl methyl sites for hydroxylation is 2. The number of furan rings is 1. The number of pyridine rings is 3. The Morgan fingerprint density at radius 2 is 1.44 bits per heavy atom. The van der Waals surface area contributed by atoms with Gasteiger partial charge in [0, 0.05) is 49.3 Å². The van der Waals surface area contributed by atoms with E-state index in [1.54, 1.807) is 0 Å². The minimum Gasteiger partial charge on any atom is -0.501 e. The molecule has 301 valence electrons. The molecular weight excluding hydrogens is 915 g/mol. The zero-order valence-corrected chi connectivity index (χ0v) is 38.7. The van der Waals surface area contributed by atoms with Gasteiger partial charge in [-0.3, -0.25) is 4.98 Å². The molecule has 0 spiro atoms. The van der Waals surface area contributed by atoms with Crippen LogP contribution in [0.4, 0.5) is 0 Å². The Labute approximate surface area is 365 Å². The largest absolute Gasteiger partial charge is 0.501 e. The first kappa shape index (κ1) is 42.1. The fourth-order valence-corrected chi connectivity index (χ4v) is 10.2. The second-order valence-corrected chi connectivity index (χ2v) is 22.3. The number of hydrogen-bond donors (Lipinski definition) is 0. The molecule has 1 radical (unpaired) electrons. The van der Waals surface area contributed by atoms with Crippen molar-refractivity contribution in [2.24, 2.45) is 0 Å². The van der Waals surface area contributed by atoms with Crippen LogP contribution in [-0.2, 0) is 20.1 Å². The number of nitrogens with zero attached hydrogens (tertiary/aromatic N) is 3. The zero-order chi connectivity index (χ0) is 40.4. The summed E-state index contributed by atoms with van der Waals surface area (Å²) in [5, 5.41) is 3.71. The van der Waals surface area contributed by atoms with Crippen LogP contribution in [0, 0.1) is 26.0 Å². The predicted octanol–water partition coefficient (Wildman–Crippen LogP) is 14.1. The second-order valence-electron chi connectivity index (χ2n) is 17.3. The van der Waals surface area contributed by atoms with Crippen LogP contribution < -0.4 is 5.19 Å². The van der Waals surface area contributed by atoms with Gasteiger partial charge in [-0.05, 0) is 90.5 Å². The number of rotatable bonds is 7. The van der Waals surface area contributed by atoms with E-state index >= 15 is 0 Å². The third-order valence-corrected chi connectivity index (χ3v) is 13.6. The van der Waals surface area contributed by atoms with Crippen LogP contribution in [0.15, 0.2) is 126 Å². The van der Waals surface area contributed by atoms with E-state index in [2.05, 4.69) is 154 Å². The summed E-state index contributed by atoms with van der Waals surface area (Å²) in [6.45, 7) is 15.8. The van der Waals surface area contributed by atoms with Gasteiger partial charge < -0.3 is 14.4 Å². The Bertz CT molecular complexity index is 2670. The normalized spacial score (nSPS) is 13.3. The van der Waals surface area contributed by atoms with Crippen LogP contribution in [0.5, 0.6) is 0 Å². The van der Waals surface area contributed by atoms with Gasteiger partial charge in [-0.1, -0.05) is 141 Å². The minimum atomic E-state index is -1.41. The monoisotopic (exact) mass is 968 g/mol. The molecule has 1 aliphatic rings. The third-order valence-electron chi connectivity index (χ3n) is 11.5. The van der Waals surface area contributed by atoms with Crippen LogP contribution in [0.3, 0.4) is 0 Å². The minimum absolute atomic E-state index is 0. The Balaban J connectivity index is 0.000000178. The molecule has 0 saturated heterocycles. The van der Waals surface area contributed by atoms with Crippen molar-refractivity contribution in [3.05, 3.63) is 156 Å². The van der Waals surface area contributed by atoms with E-state index in [0.717, 1.165) is 67.0 Å². The van der Waals surface area contributed by atoms with E-state index in [1.807, 2.05) is 32.2 Å². The van der Waals surface area contributed by atoms with Gasteiger partial charge in [0.15, 0.2) is 0 Å². The molecule has 0 amide bonds. The Kier molecular flexibility index (Phi) is 12.9. The molecule has 9 rings (SSSR count). The average molecular weight is 968 g/mol. The molecule has 1 aliphatic carbocycles. The van der Waals surface area contributed by atoms with Gasteiger partial charge in [0.25, 0.3) is 0 Å². The summed E-state index contributed by atoms with van der Waals surface area (Å²) in [5.74, 6) is 1.15. The van der Waals surface area contributed by atoms with Crippen molar-refractivity contribution in [1.29, 1.82) is 0 Å². The molecule has 8 aromatic rings. The van der Waals surface area contributed by atoms with Crippen molar-refractivity contribution in [1.82, 2.24) is 15.0 Å². The summed E-state index contributed by atoms with van der Waals surface area (Å²) < 4.78 is 6.41. The SMILES string of the molecule is Cc1cc(-c2c[c-]c(-c3cc(C(C)C)c([Si](C)(C)C)cn3)cc2)cc(C)n1.[Ir].[c-]1ccc2c(oc3cc(-c4ccccc4)ccc32)c1-c1cc(C2CCCCC2)ccn1. The molecule has 0 N–H and O–H groups in total. The summed E-state index contributed by atoms with van der Waals surface area (Å²) in [7, 11) is -1.41. The van der Waals surface area contributed by atoms with Gasteiger partial charge in [-0.15, -0.1) is 48.0 Å². The van der Waals surface area contributed by atoms with E-state index in [0.29, 0.717) is 11.8 Å². The molecule has 6 heteroatoms. The molecular formula is C53H53IrN3OSi-2. The average Bonchev–Trinajstić information content (AvgIpc) is 3.62. The predicted molar refractivity (Wildman–Crippen MR) is 245 cm³/mol. The van der Waals surface area contributed by atoms with Crippen LogP contribution in [0.2, 0.25) is 19.6 Å². The van der Waals surface area contributed by atoms with Gasteiger partial charge in [0.2, 0.25) is 0 Å². The second kappa shape index (κ2) is 18.1. The zero-order valence-electron chi connectivity index (χ0n) is 35.3. The fraction of sp³-hybridized carbons (Fsp3) is 0.264. The van der Waals surface area contributed by atoms with Crippen LogP contribution >= 0.6 is 0 Å². The third kappa shape index (κ3) is 9.41. The maximum atomic E-state index is 6.41. The molecule has 0 bridgehead atoms. The first-order valence-electron chi connectivity index (χ1n) is 20.9. The van der Waals surface area contributed by atoms with Crippen molar-refractivity contribution < 1.29 is 24.5 Å². The Morgan fingerprint density at radius 3 is 2.14 bits per heavy atom. The maximum absolute atomic E-state index is 6.41. The number of fused-ring (bicyclic) bond motifs is 3.